The van der Waals surface area contributed by atoms with Crippen LogP contribution in [0.25, 0.3) is 0 Å². The van der Waals surface area contributed by atoms with Gasteiger partial charge in [0.1, 0.15) is 0 Å². The van der Waals surface area contributed by atoms with E-state index >= 15 is 0 Å². The Morgan fingerprint density at radius 2 is 1.86 bits per heavy atom. The molecule has 1 aromatic carbocycles. The van der Waals surface area contributed by atoms with Crippen molar-refractivity contribution in [3.05, 3.63) is 34.9 Å². The zero-order chi connectivity index (χ0) is 10.4. The van der Waals surface area contributed by atoms with Gasteiger partial charge in [0.2, 0.25) is 0 Å². The van der Waals surface area contributed by atoms with Crippen LogP contribution in [-0.4, -0.2) is 11.7 Å². The summed E-state index contributed by atoms with van der Waals surface area (Å²) in [6.07, 6.45) is 3.12. The third kappa shape index (κ3) is 3.32. The quantitative estimate of drug-likeness (QED) is 0.791. The van der Waals surface area contributed by atoms with Crippen LogP contribution >= 0.6 is 11.6 Å². The Hall–Kier alpha value is -0.530. The summed E-state index contributed by atoms with van der Waals surface area (Å²) in [7, 11) is 0. The third-order valence-electron chi connectivity index (χ3n) is 2.46. The van der Waals surface area contributed by atoms with E-state index in [0.29, 0.717) is 5.92 Å². The van der Waals surface area contributed by atoms with Crippen molar-refractivity contribution in [1.29, 1.82) is 0 Å². The monoisotopic (exact) mass is 212 g/mol. The molecule has 1 unspecified atom stereocenters. The molecule has 1 atom stereocenters. The highest BCUT2D eigenvalue weighted by Gasteiger charge is 2.09. The summed E-state index contributed by atoms with van der Waals surface area (Å²) in [5, 5.41) is 9.72. The molecule has 0 saturated carbocycles. The van der Waals surface area contributed by atoms with Crippen molar-refractivity contribution < 1.29 is 5.11 Å². The molecule has 1 N–H and O–H groups in total. The second kappa shape index (κ2) is 6.05. The highest BCUT2D eigenvalue weighted by molar-refractivity contribution is 6.30. The molecule has 0 radical (unpaired) electrons. The molecule has 78 valence electrons. The van der Waals surface area contributed by atoms with Crippen molar-refractivity contribution in [3.8, 4) is 0 Å². The van der Waals surface area contributed by atoms with Crippen LogP contribution in [0.4, 0.5) is 0 Å². The molecule has 0 amide bonds. The molecule has 0 aromatic heterocycles. The normalized spacial score (nSPS) is 12.8. The Morgan fingerprint density at radius 3 is 2.36 bits per heavy atom. The van der Waals surface area contributed by atoms with Gasteiger partial charge < -0.3 is 5.11 Å². The average Bonchev–Trinajstić information content (AvgIpc) is 2.19. The molecular weight excluding hydrogens is 196 g/mol. The molecule has 0 heterocycles. The van der Waals surface area contributed by atoms with Crippen molar-refractivity contribution >= 4 is 11.6 Å². The largest absolute Gasteiger partial charge is 0.396 e. The second-order valence-corrected chi connectivity index (χ2v) is 3.99. The maximum atomic E-state index is 8.95. The minimum atomic E-state index is 0.257. The molecule has 2 heteroatoms. The SMILES string of the molecule is CCCC(CCO)c1ccc(Cl)cc1. The first kappa shape index (κ1) is 11.5. The maximum absolute atomic E-state index is 8.95. The highest BCUT2D eigenvalue weighted by Crippen LogP contribution is 2.25. The van der Waals surface area contributed by atoms with Crippen LogP contribution in [0.3, 0.4) is 0 Å². The lowest BCUT2D eigenvalue weighted by Crippen LogP contribution is -2.01. The Labute approximate surface area is 90.7 Å². The van der Waals surface area contributed by atoms with Crippen molar-refractivity contribution in [2.45, 2.75) is 32.1 Å². The fourth-order valence-electron chi connectivity index (χ4n) is 1.72. The molecule has 0 bridgehead atoms. The molecule has 0 fully saturated rings. The highest BCUT2D eigenvalue weighted by atomic mass is 35.5. The van der Waals surface area contributed by atoms with Crippen LogP contribution in [0, 0.1) is 0 Å². The van der Waals surface area contributed by atoms with Gasteiger partial charge >= 0.3 is 0 Å². The summed E-state index contributed by atoms with van der Waals surface area (Å²) in [5.74, 6) is 0.474. The van der Waals surface area contributed by atoms with E-state index in [9.17, 15) is 0 Å². The Morgan fingerprint density at radius 1 is 1.21 bits per heavy atom. The fraction of sp³-hybridized carbons (Fsp3) is 0.500. The van der Waals surface area contributed by atoms with E-state index in [1.165, 1.54) is 5.56 Å². The van der Waals surface area contributed by atoms with Gasteiger partial charge in [0.15, 0.2) is 0 Å². The third-order valence-corrected chi connectivity index (χ3v) is 2.71. The van der Waals surface area contributed by atoms with Crippen LogP contribution in [0.5, 0.6) is 0 Å². The Bertz CT molecular complexity index is 250. The lowest BCUT2D eigenvalue weighted by atomic mass is 9.92. The number of hydrogen-bond acceptors (Lipinski definition) is 1. The lowest BCUT2D eigenvalue weighted by molar-refractivity contribution is 0.272. The minimum absolute atomic E-state index is 0.257. The number of benzene rings is 1. The van der Waals surface area contributed by atoms with Gasteiger partial charge in [0.25, 0.3) is 0 Å². The van der Waals surface area contributed by atoms with Crippen LogP contribution in [-0.2, 0) is 0 Å². The predicted molar refractivity (Wildman–Crippen MR) is 60.8 cm³/mol. The van der Waals surface area contributed by atoms with Gasteiger partial charge in [0.05, 0.1) is 0 Å². The molecular formula is C12H17ClO. The molecule has 0 spiro atoms. The minimum Gasteiger partial charge on any atom is -0.396 e. The van der Waals surface area contributed by atoms with Crippen molar-refractivity contribution in [3.63, 3.8) is 0 Å². The first-order valence-corrected chi connectivity index (χ1v) is 5.52. The zero-order valence-electron chi connectivity index (χ0n) is 8.54. The Kier molecular flexibility index (Phi) is 4.99. The standard InChI is InChI=1S/C12H17ClO/c1-2-3-10(8-9-14)11-4-6-12(13)7-5-11/h4-7,10,14H,2-3,8-9H2,1H3. The molecule has 0 aliphatic carbocycles. The van der Waals surface area contributed by atoms with E-state index in [-0.39, 0.29) is 6.61 Å². The van der Waals surface area contributed by atoms with Gasteiger partial charge in [-0.15, -0.1) is 0 Å². The van der Waals surface area contributed by atoms with Crippen LogP contribution in [0.15, 0.2) is 24.3 Å². The van der Waals surface area contributed by atoms with E-state index in [0.717, 1.165) is 24.3 Å². The number of hydrogen-bond donors (Lipinski definition) is 1. The lowest BCUT2D eigenvalue weighted by Gasteiger charge is -2.15. The molecule has 1 rings (SSSR count). The van der Waals surface area contributed by atoms with E-state index in [1.807, 2.05) is 12.1 Å². The van der Waals surface area contributed by atoms with Crippen LogP contribution < -0.4 is 0 Å². The molecule has 0 aliphatic heterocycles. The van der Waals surface area contributed by atoms with Gasteiger partial charge in [-0.25, -0.2) is 0 Å². The first-order chi connectivity index (χ1) is 6.77. The number of rotatable bonds is 5. The summed E-state index contributed by atoms with van der Waals surface area (Å²) in [4.78, 5) is 0. The molecule has 14 heavy (non-hydrogen) atoms. The van der Waals surface area contributed by atoms with Crippen LogP contribution in [0.2, 0.25) is 5.02 Å². The van der Waals surface area contributed by atoms with E-state index in [1.54, 1.807) is 0 Å². The molecule has 1 aromatic rings. The Balaban J connectivity index is 2.71. The van der Waals surface area contributed by atoms with Crippen molar-refractivity contribution in [2.24, 2.45) is 0 Å². The first-order valence-electron chi connectivity index (χ1n) is 5.14. The predicted octanol–water partition coefficient (Wildman–Crippen LogP) is 3.61. The second-order valence-electron chi connectivity index (χ2n) is 3.55. The zero-order valence-corrected chi connectivity index (χ0v) is 9.30. The summed E-state index contributed by atoms with van der Waals surface area (Å²) < 4.78 is 0. The molecule has 1 nitrogen and oxygen atoms in total. The molecule has 0 aliphatic rings. The van der Waals surface area contributed by atoms with Gasteiger partial charge in [-0.3, -0.25) is 0 Å². The fourth-order valence-corrected chi connectivity index (χ4v) is 1.84. The van der Waals surface area contributed by atoms with Crippen molar-refractivity contribution in [2.75, 3.05) is 6.61 Å². The summed E-state index contributed by atoms with van der Waals surface area (Å²) >= 11 is 5.82. The maximum Gasteiger partial charge on any atom is 0.0436 e. The average molecular weight is 213 g/mol. The number of aliphatic hydroxyl groups is 1. The van der Waals surface area contributed by atoms with Gasteiger partial charge in [-0.05, 0) is 36.5 Å². The summed E-state index contributed by atoms with van der Waals surface area (Å²) in [5.41, 5.74) is 1.28. The van der Waals surface area contributed by atoms with Gasteiger partial charge in [-0.2, -0.15) is 0 Å². The molecule has 0 saturated heterocycles. The van der Waals surface area contributed by atoms with Gasteiger partial charge in [0, 0.05) is 11.6 Å². The number of halogens is 1. The summed E-state index contributed by atoms with van der Waals surface area (Å²) in [6, 6.07) is 7.94. The van der Waals surface area contributed by atoms with Gasteiger partial charge in [-0.1, -0.05) is 37.1 Å². The smallest absolute Gasteiger partial charge is 0.0436 e. The van der Waals surface area contributed by atoms with E-state index in [4.69, 9.17) is 16.7 Å². The summed E-state index contributed by atoms with van der Waals surface area (Å²) in [6.45, 7) is 2.42. The van der Waals surface area contributed by atoms with E-state index < -0.39 is 0 Å². The van der Waals surface area contributed by atoms with Crippen LogP contribution in [0.1, 0.15) is 37.7 Å². The van der Waals surface area contributed by atoms with Crippen molar-refractivity contribution in [1.82, 2.24) is 0 Å². The topological polar surface area (TPSA) is 20.2 Å². The van der Waals surface area contributed by atoms with E-state index in [2.05, 4.69) is 19.1 Å². The number of aliphatic hydroxyl groups excluding tert-OH is 1.